The molecule has 0 aliphatic carbocycles. The first-order valence-electron chi connectivity index (χ1n) is 11.2. The smallest absolute Gasteiger partial charge is 0.260 e. The van der Waals surface area contributed by atoms with E-state index in [1.54, 1.807) is 24.1 Å². The predicted molar refractivity (Wildman–Crippen MR) is 127 cm³/mol. The Morgan fingerprint density at radius 2 is 1.85 bits per heavy atom. The molecule has 1 fully saturated rings. The number of amides is 2. The van der Waals surface area contributed by atoms with Crippen molar-refractivity contribution in [3.05, 3.63) is 65.9 Å². The Labute approximate surface area is 193 Å². The summed E-state index contributed by atoms with van der Waals surface area (Å²) in [6.07, 6.45) is 0.789. The van der Waals surface area contributed by atoms with Crippen molar-refractivity contribution in [1.82, 2.24) is 15.2 Å². The van der Waals surface area contributed by atoms with Crippen molar-refractivity contribution < 1.29 is 19.1 Å². The van der Waals surface area contributed by atoms with Crippen LogP contribution in [-0.4, -0.2) is 54.5 Å². The van der Waals surface area contributed by atoms with Gasteiger partial charge in [-0.2, -0.15) is 0 Å². The number of aromatic nitrogens is 1. The zero-order valence-electron chi connectivity index (χ0n) is 19.2. The summed E-state index contributed by atoms with van der Waals surface area (Å²) < 4.78 is 11.0. The molecule has 1 aliphatic heterocycles. The Hall–Kier alpha value is -3.61. The number of nitrogens with one attached hydrogen (secondary N) is 1. The summed E-state index contributed by atoms with van der Waals surface area (Å²) in [5.74, 6) is 1.01. The summed E-state index contributed by atoms with van der Waals surface area (Å²) in [5.41, 5.74) is 2.24. The van der Waals surface area contributed by atoms with Gasteiger partial charge in [0.1, 0.15) is 0 Å². The van der Waals surface area contributed by atoms with E-state index in [-0.39, 0.29) is 30.4 Å². The molecule has 0 bridgehead atoms. The molecule has 1 atom stereocenters. The van der Waals surface area contributed by atoms with E-state index in [9.17, 15) is 9.59 Å². The maximum absolute atomic E-state index is 12.9. The number of para-hydroxylation sites is 3. The fourth-order valence-electron chi connectivity index (χ4n) is 4.13. The summed E-state index contributed by atoms with van der Waals surface area (Å²) in [6, 6.07) is 16.9. The van der Waals surface area contributed by atoms with E-state index < -0.39 is 0 Å². The van der Waals surface area contributed by atoms with Gasteiger partial charge in [-0.3, -0.25) is 14.6 Å². The second-order valence-electron chi connectivity index (χ2n) is 8.50. The number of fused-ring (bicyclic) bond motifs is 1. The topological polar surface area (TPSA) is 80.8 Å². The molecule has 1 aromatic heterocycles. The van der Waals surface area contributed by atoms with Crippen LogP contribution in [0.4, 0.5) is 0 Å². The van der Waals surface area contributed by atoms with Crippen molar-refractivity contribution in [2.45, 2.75) is 32.2 Å². The lowest BCUT2D eigenvalue weighted by molar-refractivity contribution is -0.132. The molecule has 2 amide bonds. The lowest BCUT2D eigenvalue weighted by Crippen LogP contribution is -2.33. The molecular formula is C26H29N3O4. The van der Waals surface area contributed by atoms with E-state index in [1.807, 2.05) is 56.3 Å². The van der Waals surface area contributed by atoms with Gasteiger partial charge in [0.05, 0.1) is 18.2 Å². The average Bonchev–Trinajstić information content (AvgIpc) is 3.32. The number of ether oxygens (including phenoxy) is 2. The Morgan fingerprint density at radius 1 is 1.12 bits per heavy atom. The van der Waals surface area contributed by atoms with E-state index >= 15 is 0 Å². The van der Waals surface area contributed by atoms with Gasteiger partial charge in [-0.05, 0) is 44.5 Å². The molecule has 7 heteroatoms. The quantitative estimate of drug-likeness (QED) is 0.596. The zero-order valence-corrected chi connectivity index (χ0v) is 19.2. The number of carbonyl (C=O) groups excluding carboxylic acids is 2. The largest absolute Gasteiger partial charge is 0.493 e. The summed E-state index contributed by atoms with van der Waals surface area (Å²) >= 11 is 0. The van der Waals surface area contributed by atoms with Crippen molar-refractivity contribution in [1.29, 1.82) is 0 Å². The number of hydrogen-bond donors (Lipinski definition) is 1. The number of likely N-dealkylation sites (tertiary alicyclic amines) is 1. The summed E-state index contributed by atoms with van der Waals surface area (Å²) in [7, 11) is 1.57. The van der Waals surface area contributed by atoms with Gasteiger partial charge < -0.3 is 19.7 Å². The van der Waals surface area contributed by atoms with Gasteiger partial charge in [0.2, 0.25) is 0 Å². The molecule has 1 N–H and O–H groups in total. The molecule has 0 unspecified atom stereocenters. The van der Waals surface area contributed by atoms with Crippen LogP contribution < -0.4 is 14.8 Å². The molecule has 0 saturated carbocycles. The lowest BCUT2D eigenvalue weighted by Gasteiger charge is -2.18. The summed E-state index contributed by atoms with van der Waals surface area (Å²) in [5, 5.41) is 3.81. The number of pyridine rings is 1. The number of rotatable bonds is 7. The Balaban J connectivity index is 1.48. The highest BCUT2D eigenvalue weighted by Gasteiger charge is 2.29. The van der Waals surface area contributed by atoms with E-state index in [1.165, 1.54) is 0 Å². The standard InChI is InChI=1S/C26H29N3O4/c1-17(2)27-26(31)20-14-22(28-21-9-5-4-8-19(20)21)18-12-13-29(15-18)25(30)16-33-24-11-7-6-10-23(24)32-3/h4-11,14,17-18H,12-13,15-16H2,1-3H3,(H,27,31)/t18-/m0/s1. The Morgan fingerprint density at radius 3 is 2.61 bits per heavy atom. The van der Waals surface area contributed by atoms with E-state index in [0.717, 1.165) is 23.0 Å². The number of hydrogen-bond acceptors (Lipinski definition) is 5. The van der Waals surface area contributed by atoms with Crippen molar-refractivity contribution in [2.75, 3.05) is 26.8 Å². The first kappa shape index (κ1) is 22.6. The van der Waals surface area contributed by atoms with Gasteiger partial charge in [0, 0.05) is 36.1 Å². The van der Waals surface area contributed by atoms with Gasteiger partial charge in [-0.1, -0.05) is 30.3 Å². The summed E-state index contributed by atoms with van der Waals surface area (Å²) in [4.78, 5) is 32.3. The minimum atomic E-state index is -0.110. The van der Waals surface area contributed by atoms with E-state index in [2.05, 4.69) is 5.32 Å². The molecule has 2 aromatic carbocycles. The Bertz CT molecular complexity index is 1160. The van der Waals surface area contributed by atoms with Crippen LogP contribution in [0, 0.1) is 0 Å². The fraction of sp³-hybridized carbons (Fsp3) is 0.346. The normalized spacial score (nSPS) is 15.6. The number of benzene rings is 2. The highest BCUT2D eigenvalue weighted by Crippen LogP contribution is 2.30. The average molecular weight is 448 g/mol. The molecule has 1 aliphatic rings. The molecule has 4 rings (SSSR count). The van der Waals surface area contributed by atoms with E-state index in [4.69, 9.17) is 14.5 Å². The van der Waals surface area contributed by atoms with Crippen LogP contribution in [0.3, 0.4) is 0 Å². The van der Waals surface area contributed by atoms with Crippen LogP contribution in [0.2, 0.25) is 0 Å². The second-order valence-corrected chi connectivity index (χ2v) is 8.50. The van der Waals surface area contributed by atoms with Crippen LogP contribution in [0.25, 0.3) is 10.9 Å². The Kier molecular flexibility index (Phi) is 6.77. The fourth-order valence-corrected chi connectivity index (χ4v) is 4.13. The minimum Gasteiger partial charge on any atom is -0.493 e. The third-order valence-electron chi connectivity index (χ3n) is 5.78. The van der Waals surface area contributed by atoms with Crippen LogP contribution >= 0.6 is 0 Å². The first-order chi connectivity index (χ1) is 16.0. The van der Waals surface area contributed by atoms with Crippen molar-refractivity contribution in [3.63, 3.8) is 0 Å². The molecule has 3 aromatic rings. The molecule has 0 spiro atoms. The number of carbonyl (C=O) groups is 2. The molecule has 0 radical (unpaired) electrons. The molecular weight excluding hydrogens is 418 g/mol. The number of nitrogens with zero attached hydrogens (tertiary/aromatic N) is 2. The van der Waals surface area contributed by atoms with E-state index in [0.29, 0.717) is 30.2 Å². The zero-order chi connectivity index (χ0) is 23.4. The van der Waals surface area contributed by atoms with Crippen LogP contribution in [0.1, 0.15) is 42.2 Å². The second kappa shape index (κ2) is 9.90. The molecule has 1 saturated heterocycles. The molecule has 172 valence electrons. The predicted octanol–water partition coefficient (Wildman–Crippen LogP) is 3.78. The highest BCUT2D eigenvalue weighted by atomic mass is 16.5. The van der Waals surface area contributed by atoms with Crippen molar-refractivity contribution >= 4 is 22.7 Å². The SMILES string of the molecule is COc1ccccc1OCC(=O)N1CC[C@H](c2cc(C(=O)NC(C)C)c3ccccc3n2)C1. The van der Waals surface area contributed by atoms with Crippen LogP contribution in [0.5, 0.6) is 11.5 Å². The number of methoxy groups -OCH3 is 1. The maximum atomic E-state index is 12.9. The highest BCUT2D eigenvalue weighted by molar-refractivity contribution is 6.06. The van der Waals surface area contributed by atoms with Crippen LogP contribution in [-0.2, 0) is 4.79 Å². The molecule has 7 nitrogen and oxygen atoms in total. The molecule has 2 heterocycles. The van der Waals surface area contributed by atoms with Crippen LogP contribution in [0.15, 0.2) is 54.6 Å². The minimum absolute atomic E-state index is 0.0377. The third-order valence-corrected chi connectivity index (χ3v) is 5.78. The van der Waals surface area contributed by atoms with Gasteiger partial charge in [0.15, 0.2) is 18.1 Å². The van der Waals surface area contributed by atoms with Gasteiger partial charge >= 0.3 is 0 Å². The maximum Gasteiger partial charge on any atom is 0.260 e. The molecule has 33 heavy (non-hydrogen) atoms. The van der Waals surface area contributed by atoms with Crippen molar-refractivity contribution in [2.24, 2.45) is 0 Å². The summed E-state index contributed by atoms with van der Waals surface area (Å²) in [6.45, 7) is 5.00. The first-order valence-corrected chi connectivity index (χ1v) is 11.2. The van der Waals surface area contributed by atoms with Gasteiger partial charge in [0.25, 0.3) is 11.8 Å². The monoisotopic (exact) mass is 447 g/mol. The lowest BCUT2D eigenvalue weighted by atomic mass is 9.99. The van der Waals surface area contributed by atoms with Gasteiger partial charge in [-0.15, -0.1) is 0 Å². The van der Waals surface area contributed by atoms with Gasteiger partial charge in [-0.25, -0.2) is 0 Å². The van der Waals surface area contributed by atoms with Crippen molar-refractivity contribution in [3.8, 4) is 11.5 Å². The third kappa shape index (κ3) is 5.08.